The van der Waals surface area contributed by atoms with Gasteiger partial charge in [-0.3, -0.25) is 0 Å². The van der Waals surface area contributed by atoms with Crippen molar-refractivity contribution in [1.82, 2.24) is 10.2 Å². The first kappa shape index (κ1) is 10.1. The van der Waals surface area contributed by atoms with Gasteiger partial charge >= 0.3 is 0 Å². The van der Waals surface area contributed by atoms with Crippen LogP contribution in [0.15, 0.2) is 11.4 Å². The molecular formula is C11H18N2S. The van der Waals surface area contributed by atoms with Crippen LogP contribution in [-0.2, 0) is 0 Å². The molecule has 1 N–H and O–H groups in total. The number of nitrogens with one attached hydrogen (secondary N) is 1. The van der Waals surface area contributed by atoms with Crippen molar-refractivity contribution < 1.29 is 0 Å². The minimum atomic E-state index is 0.623. The summed E-state index contributed by atoms with van der Waals surface area (Å²) in [6.45, 7) is 4.57. The first-order valence-corrected chi connectivity index (χ1v) is 6.00. The third kappa shape index (κ3) is 1.72. The molecule has 0 amide bonds. The molecule has 2 rings (SSSR count). The van der Waals surface area contributed by atoms with Gasteiger partial charge < -0.3 is 10.2 Å². The summed E-state index contributed by atoms with van der Waals surface area (Å²) < 4.78 is 0. The lowest BCUT2D eigenvalue weighted by atomic mass is 9.99. The first-order valence-electron chi connectivity index (χ1n) is 5.12. The Hall–Kier alpha value is -0.380. The maximum atomic E-state index is 3.42. The molecule has 0 aliphatic carbocycles. The zero-order chi connectivity index (χ0) is 10.1. The highest BCUT2D eigenvalue weighted by atomic mass is 32.1. The van der Waals surface area contributed by atoms with Gasteiger partial charge in [-0.15, -0.1) is 11.3 Å². The zero-order valence-electron chi connectivity index (χ0n) is 9.08. The van der Waals surface area contributed by atoms with Crippen LogP contribution in [0.1, 0.15) is 16.4 Å². The van der Waals surface area contributed by atoms with E-state index in [0.29, 0.717) is 12.0 Å². The van der Waals surface area contributed by atoms with E-state index in [2.05, 4.69) is 42.7 Å². The monoisotopic (exact) mass is 210 g/mol. The van der Waals surface area contributed by atoms with E-state index in [4.69, 9.17) is 0 Å². The molecule has 0 spiro atoms. The fourth-order valence-corrected chi connectivity index (χ4v) is 3.41. The van der Waals surface area contributed by atoms with Gasteiger partial charge in [0.25, 0.3) is 0 Å². The lowest BCUT2D eigenvalue weighted by molar-refractivity contribution is 0.402. The van der Waals surface area contributed by atoms with Crippen LogP contribution in [0.4, 0.5) is 0 Å². The predicted octanol–water partition coefficient (Wildman–Crippen LogP) is 1.67. The average molecular weight is 210 g/mol. The van der Waals surface area contributed by atoms with Crippen LogP contribution >= 0.6 is 11.3 Å². The lowest BCUT2D eigenvalue weighted by Crippen LogP contribution is -2.31. The molecule has 0 radical (unpaired) electrons. The second-order valence-corrected chi connectivity index (χ2v) is 5.14. The van der Waals surface area contributed by atoms with E-state index in [0.717, 1.165) is 0 Å². The topological polar surface area (TPSA) is 15.3 Å². The third-order valence-corrected chi connectivity index (χ3v) is 4.26. The zero-order valence-corrected chi connectivity index (χ0v) is 9.90. The van der Waals surface area contributed by atoms with Crippen LogP contribution in [0.3, 0.4) is 0 Å². The Labute approximate surface area is 89.9 Å². The molecule has 1 saturated heterocycles. The van der Waals surface area contributed by atoms with Crippen LogP contribution < -0.4 is 5.32 Å². The Morgan fingerprint density at radius 1 is 1.50 bits per heavy atom. The van der Waals surface area contributed by atoms with E-state index in [1.807, 2.05) is 11.3 Å². The van der Waals surface area contributed by atoms with Crippen molar-refractivity contribution in [3.63, 3.8) is 0 Å². The Kier molecular flexibility index (Phi) is 2.91. The van der Waals surface area contributed by atoms with E-state index in [1.165, 1.54) is 18.7 Å². The van der Waals surface area contributed by atoms with E-state index in [-0.39, 0.29) is 0 Å². The second kappa shape index (κ2) is 4.01. The van der Waals surface area contributed by atoms with Gasteiger partial charge in [-0.2, -0.15) is 0 Å². The Bertz CT molecular complexity index is 308. The molecule has 14 heavy (non-hydrogen) atoms. The predicted molar refractivity (Wildman–Crippen MR) is 62.1 cm³/mol. The van der Waals surface area contributed by atoms with Gasteiger partial charge in [-0.05, 0) is 38.0 Å². The Morgan fingerprint density at radius 3 is 2.86 bits per heavy atom. The van der Waals surface area contributed by atoms with Crippen molar-refractivity contribution >= 4 is 11.3 Å². The molecule has 1 aliphatic heterocycles. The normalized spacial score (nSPS) is 28.5. The summed E-state index contributed by atoms with van der Waals surface area (Å²) >= 11 is 1.90. The highest BCUT2D eigenvalue weighted by Gasteiger charge is 2.32. The van der Waals surface area contributed by atoms with E-state index in [9.17, 15) is 0 Å². The van der Waals surface area contributed by atoms with Gasteiger partial charge in [0, 0.05) is 29.9 Å². The summed E-state index contributed by atoms with van der Waals surface area (Å²) in [7, 11) is 4.27. The number of rotatable bonds is 2. The van der Waals surface area contributed by atoms with Gasteiger partial charge in [-0.25, -0.2) is 0 Å². The highest BCUT2D eigenvalue weighted by molar-refractivity contribution is 7.10. The summed E-state index contributed by atoms with van der Waals surface area (Å²) in [5, 5.41) is 5.63. The van der Waals surface area contributed by atoms with E-state index in [1.54, 1.807) is 4.88 Å². The van der Waals surface area contributed by atoms with Gasteiger partial charge in [0.05, 0.1) is 0 Å². The summed E-state index contributed by atoms with van der Waals surface area (Å²) in [6, 6.07) is 2.85. The number of aryl methyl sites for hydroxylation is 1. The van der Waals surface area contributed by atoms with Crippen LogP contribution in [-0.4, -0.2) is 38.1 Å². The SMILES string of the molecule is CNC1CN(C)CC1c1sccc1C. The van der Waals surface area contributed by atoms with Crippen molar-refractivity contribution in [1.29, 1.82) is 0 Å². The number of hydrogen-bond donors (Lipinski definition) is 1. The Morgan fingerprint density at radius 2 is 2.29 bits per heavy atom. The summed E-state index contributed by atoms with van der Waals surface area (Å²) in [5.41, 5.74) is 1.45. The van der Waals surface area contributed by atoms with Crippen molar-refractivity contribution in [2.75, 3.05) is 27.2 Å². The van der Waals surface area contributed by atoms with E-state index >= 15 is 0 Å². The van der Waals surface area contributed by atoms with Crippen molar-refractivity contribution in [3.8, 4) is 0 Å². The fraction of sp³-hybridized carbons (Fsp3) is 0.636. The summed E-state index contributed by atoms with van der Waals surface area (Å²) in [6.07, 6.45) is 0. The third-order valence-electron chi connectivity index (χ3n) is 3.11. The van der Waals surface area contributed by atoms with Gasteiger partial charge in [0.15, 0.2) is 0 Å². The summed E-state index contributed by atoms with van der Waals surface area (Å²) in [5.74, 6) is 0.685. The quantitative estimate of drug-likeness (QED) is 0.799. The van der Waals surface area contributed by atoms with Crippen molar-refractivity contribution in [2.45, 2.75) is 18.9 Å². The number of thiophene rings is 1. The molecule has 0 saturated carbocycles. The minimum Gasteiger partial charge on any atom is -0.315 e. The van der Waals surface area contributed by atoms with Crippen LogP contribution in [0.25, 0.3) is 0 Å². The minimum absolute atomic E-state index is 0.623. The lowest BCUT2D eigenvalue weighted by Gasteiger charge is -2.17. The standard InChI is InChI=1S/C11H18N2S/c1-8-4-5-14-11(8)9-6-13(3)7-10(9)12-2/h4-5,9-10,12H,6-7H2,1-3H3. The van der Waals surface area contributed by atoms with Gasteiger partial charge in [0.2, 0.25) is 0 Å². The summed E-state index contributed by atoms with van der Waals surface area (Å²) in [4.78, 5) is 3.97. The molecular weight excluding hydrogens is 192 g/mol. The fourth-order valence-electron chi connectivity index (χ4n) is 2.32. The molecule has 2 unspecified atom stereocenters. The molecule has 0 aromatic carbocycles. The molecule has 1 aliphatic rings. The maximum absolute atomic E-state index is 3.42. The van der Waals surface area contributed by atoms with Crippen molar-refractivity contribution in [2.24, 2.45) is 0 Å². The van der Waals surface area contributed by atoms with Crippen LogP contribution in [0.5, 0.6) is 0 Å². The first-order chi connectivity index (χ1) is 6.72. The van der Waals surface area contributed by atoms with Crippen LogP contribution in [0.2, 0.25) is 0 Å². The van der Waals surface area contributed by atoms with E-state index < -0.39 is 0 Å². The largest absolute Gasteiger partial charge is 0.315 e. The molecule has 78 valence electrons. The maximum Gasteiger partial charge on any atom is 0.0280 e. The van der Waals surface area contributed by atoms with Gasteiger partial charge in [0.1, 0.15) is 0 Å². The molecule has 1 aromatic rings. The molecule has 3 heteroatoms. The number of likely N-dealkylation sites (N-methyl/N-ethyl adjacent to an activating group) is 2. The smallest absolute Gasteiger partial charge is 0.0280 e. The van der Waals surface area contributed by atoms with Crippen molar-refractivity contribution in [3.05, 3.63) is 21.9 Å². The molecule has 2 nitrogen and oxygen atoms in total. The molecule has 1 fully saturated rings. The number of nitrogens with zero attached hydrogens (tertiary/aromatic N) is 1. The van der Waals surface area contributed by atoms with Crippen LogP contribution in [0, 0.1) is 6.92 Å². The molecule has 2 atom stereocenters. The Balaban J connectivity index is 2.21. The highest BCUT2D eigenvalue weighted by Crippen LogP contribution is 2.32. The average Bonchev–Trinajstić information content (AvgIpc) is 2.71. The second-order valence-electron chi connectivity index (χ2n) is 4.19. The van der Waals surface area contributed by atoms with Gasteiger partial charge in [-0.1, -0.05) is 0 Å². The number of hydrogen-bond acceptors (Lipinski definition) is 3. The molecule has 1 aromatic heterocycles. The number of likely N-dealkylation sites (tertiary alicyclic amines) is 1. The molecule has 2 heterocycles. The molecule has 0 bridgehead atoms.